The molecule has 0 bridgehead atoms. The van der Waals surface area contributed by atoms with Crippen molar-refractivity contribution in [3.05, 3.63) is 35.2 Å². The molecule has 1 aliphatic heterocycles. The smallest absolute Gasteiger partial charge is 0.259 e. The summed E-state index contributed by atoms with van der Waals surface area (Å²) >= 11 is 0. The van der Waals surface area contributed by atoms with Crippen LogP contribution >= 0.6 is 0 Å². The lowest BCUT2D eigenvalue weighted by atomic mass is 10.2. The number of carbonyl (C=O) groups excluding carboxylic acids is 1. The van der Waals surface area contributed by atoms with Gasteiger partial charge in [0.1, 0.15) is 5.56 Å². The SMILES string of the molecule is CCOc1cc(C)nc(N2CCN(C(=O)c3ccc(C)nc3OC)CC2)n1. The van der Waals surface area contributed by atoms with E-state index in [1.165, 1.54) is 7.11 Å². The van der Waals surface area contributed by atoms with Crippen LogP contribution in [0.5, 0.6) is 11.8 Å². The second kappa shape index (κ2) is 8.20. The van der Waals surface area contributed by atoms with Crippen LogP contribution in [0.15, 0.2) is 18.2 Å². The number of hydrogen-bond acceptors (Lipinski definition) is 7. The van der Waals surface area contributed by atoms with Gasteiger partial charge in [0, 0.05) is 43.6 Å². The van der Waals surface area contributed by atoms with Gasteiger partial charge in [0.05, 0.1) is 13.7 Å². The summed E-state index contributed by atoms with van der Waals surface area (Å²) in [5, 5.41) is 0. The largest absolute Gasteiger partial charge is 0.480 e. The molecule has 144 valence electrons. The van der Waals surface area contributed by atoms with Crippen molar-refractivity contribution in [1.29, 1.82) is 0 Å². The fourth-order valence-corrected chi connectivity index (χ4v) is 3.02. The number of hydrogen-bond donors (Lipinski definition) is 0. The van der Waals surface area contributed by atoms with Crippen LogP contribution in [-0.4, -0.2) is 65.7 Å². The van der Waals surface area contributed by atoms with Crippen LogP contribution in [0.3, 0.4) is 0 Å². The van der Waals surface area contributed by atoms with Gasteiger partial charge in [-0.15, -0.1) is 0 Å². The number of ether oxygens (including phenoxy) is 2. The molecule has 8 nitrogen and oxygen atoms in total. The molecule has 0 spiro atoms. The highest BCUT2D eigenvalue weighted by atomic mass is 16.5. The van der Waals surface area contributed by atoms with Crippen molar-refractivity contribution in [3.63, 3.8) is 0 Å². The van der Waals surface area contributed by atoms with Gasteiger partial charge < -0.3 is 19.3 Å². The van der Waals surface area contributed by atoms with Crippen molar-refractivity contribution in [2.45, 2.75) is 20.8 Å². The lowest BCUT2D eigenvalue weighted by Crippen LogP contribution is -2.49. The van der Waals surface area contributed by atoms with Gasteiger partial charge in [-0.05, 0) is 32.9 Å². The summed E-state index contributed by atoms with van der Waals surface area (Å²) in [6, 6.07) is 5.42. The molecule has 0 aromatic carbocycles. The van der Waals surface area contributed by atoms with Gasteiger partial charge in [0.25, 0.3) is 5.91 Å². The Hall–Kier alpha value is -2.90. The van der Waals surface area contributed by atoms with Crippen LogP contribution in [-0.2, 0) is 0 Å². The number of piperazine rings is 1. The molecule has 0 radical (unpaired) electrons. The summed E-state index contributed by atoms with van der Waals surface area (Å²) in [5.74, 6) is 1.51. The molecule has 0 aliphatic carbocycles. The van der Waals surface area contributed by atoms with Gasteiger partial charge in [-0.1, -0.05) is 0 Å². The number of pyridine rings is 1. The van der Waals surface area contributed by atoms with E-state index in [1.54, 1.807) is 6.07 Å². The minimum absolute atomic E-state index is 0.0702. The van der Waals surface area contributed by atoms with E-state index in [2.05, 4.69) is 19.9 Å². The Bertz CT molecular complexity index is 819. The van der Waals surface area contributed by atoms with Crippen LogP contribution in [0, 0.1) is 13.8 Å². The van der Waals surface area contributed by atoms with Gasteiger partial charge in [0.2, 0.25) is 17.7 Å². The number of carbonyl (C=O) groups is 1. The van der Waals surface area contributed by atoms with E-state index in [0.717, 1.165) is 11.4 Å². The molecule has 3 rings (SSSR count). The van der Waals surface area contributed by atoms with Crippen LogP contribution < -0.4 is 14.4 Å². The van der Waals surface area contributed by atoms with Crippen LogP contribution in [0.4, 0.5) is 5.95 Å². The predicted octanol–water partition coefficient (Wildman–Crippen LogP) is 1.86. The Balaban J connectivity index is 1.69. The molecule has 1 aliphatic rings. The molecule has 8 heteroatoms. The Kier molecular flexibility index (Phi) is 5.73. The molecule has 0 unspecified atom stereocenters. The predicted molar refractivity (Wildman–Crippen MR) is 102 cm³/mol. The molecule has 0 N–H and O–H groups in total. The quantitative estimate of drug-likeness (QED) is 0.793. The number of aromatic nitrogens is 3. The van der Waals surface area contributed by atoms with E-state index in [1.807, 2.05) is 37.8 Å². The highest BCUT2D eigenvalue weighted by Gasteiger charge is 2.26. The van der Waals surface area contributed by atoms with Crippen LogP contribution in [0.1, 0.15) is 28.7 Å². The average Bonchev–Trinajstić information content (AvgIpc) is 2.67. The minimum atomic E-state index is -0.0702. The number of nitrogens with zero attached hydrogens (tertiary/aromatic N) is 5. The van der Waals surface area contributed by atoms with Crippen molar-refractivity contribution >= 4 is 11.9 Å². The third kappa shape index (κ3) is 4.27. The highest BCUT2D eigenvalue weighted by Crippen LogP contribution is 2.21. The van der Waals surface area contributed by atoms with Crippen molar-refractivity contribution in [2.75, 3.05) is 44.8 Å². The maximum Gasteiger partial charge on any atom is 0.259 e. The number of amides is 1. The van der Waals surface area contributed by atoms with Gasteiger partial charge in [-0.25, -0.2) is 9.97 Å². The molecule has 1 fully saturated rings. The first-order chi connectivity index (χ1) is 13.0. The average molecular weight is 371 g/mol. The molecule has 3 heterocycles. The van der Waals surface area contributed by atoms with E-state index >= 15 is 0 Å². The number of anilines is 1. The number of aryl methyl sites for hydroxylation is 2. The van der Waals surface area contributed by atoms with E-state index in [0.29, 0.717) is 56.1 Å². The first-order valence-corrected chi connectivity index (χ1v) is 9.06. The van der Waals surface area contributed by atoms with Crippen LogP contribution in [0.25, 0.3) is 0 Å². The Morgan fingerprint density at radius 1 is 1.07 bits per heavy atom. The van der Waals surface area contributed by atoms with Gasteiger partial charge >= 0.3 is 0 Å². The van der Waals surface area contributed by atoms with Gasteiger partial charge in [-0.2, -0.15) is 4.98 Å². The third-order valence-corrected chi connectivity index (χ3v) is 4.38. The first-order valence-electron chi connectivity index (χ1n) is 9.06. The normalized spacial score (nSPS) is 14.2. The van der Waals surface area contributed by atoms with Crippen molar-refractivity contribution in [3.8, 4) is 11.8 Å². The molecule has 1 saturated heterocycles. The second-order valence-corrected chi connectivity index (χ2v) is 6.37. The first kappa shape index (κ1) is 18.9. The third-order valence-electron chi connectivity index (χ3n) is 4.38. The van der Waals surface area contributed by atoms with Crippen molar-refractivity contribution < 1.29 is 14.3 Å². The van der Waals surface area contributed by atoms with E-state index in [-0.39, 0.29) is 5.91 Å². The molecule has 0 atom stereocenters. The molecule has 0 saturated carbocycles. The minimum Gasteiger partial charge on any atom is -0.480 e. The number of rotatable bonds is 5. The summed E-state index contributed by atoms with van der Waals surface area (Å²) in [6.45, 7) is 8.75. The Morgan fingerprint density at radius 2 is 1.81 bits per heavy atom. The van der Waals surface area contributed by atoms with Gasteiger partial charge in [-0.3, -0.25) is 4.79 Å². The van der Waals surface area contributed by atoms with E-state index in [9.17, 15) is 4.79 Å². The van der Waals surface area contributed by atoms with Crippen molar-refractivity contribution in [1.82, 2.24) is 19.9 Å². The molecular formula is C19H25N5O3. The monoisotopic (exact) mass is 371 g/mol. The highest BCUT2D eigenvalue weighted by molar-refractivity contribution is 5.96. The summed E-state index contributed by atoms with van der Waals surface area (Å²) in [5.41, 5.74) is 2.16. The summed E-state index contributed by atoms with van der Waals surface area (Å²) < 4.78 is 10.8. The van der Waals surface area contributed by atoms with E-state index < -0.39 is 0 Å². The molecule has 27 heavy (non-hydrogen) atoms. The second-order valence-electron chi connectivity index (χ2n) is 6.37. The molecule has 1 amide bonds. The summed E-state index contributed by atoms with van der Waals surface area (Å²) in [4.78, 5) is 30.0. The van der Waals surface area contributed by atoms with Crippen LogP contribution in [0.2, 0.25) is 0 Å². The summed E-state index contributed by atoms with van der Waals surface area (Å²) in [7, 11) is 1.53. The Morgan fingerprint density at radius 3 is 2.48 bits per heavy atom. The zero-order valence-corrected chi connectivity index (χ0v) is 16.2. The zero-order valence-electron chi connectivity index (χ0n) is 16.2. The summed E-state index contributed by atoms with van der Waals surface area (Å²) in [6.07, 6.45) is 0. The fraction of sp³-hybridized carbons (Fsp3) is 0.474. The lowest BCUT2D eigenvalue weighted by Gasteiger charge is -2.35. The molecule has 2 aromatic heterocycles. The fourth-order valence-electron chi connectivity index (χ4n) is 3.02. The standard InChI is InChI=1S/C19H25N5O3/c1-5-27-16-12-14(3)21-19(22-16)24-10-8-23(9-11-24)18(25)15-7-6-13(2)20-17(15)26-4/h6-7,12H,5,8-11H2,1-4H3. The maximum atomic E-state index is 12.9. The molecular weight excluding hydrogens is 346 g/mol. The van der Waals surface area contributed by atoms with E-state index in [4.69, 9.17) is 9.47 Å². The zero-order chi connectivity index (χ0) is 19.4. The Labute approximate surface area is 159 Å². The maximum absolute atomic E-state index is 12.9. The molecule has 2 aromatic rings. The topological polar surface area (TPSA) is 80.7 Å². The number of methoxy groups -OCH3 is 1. The van der Waals surface area contributed by atoms with Crippen molar-refractivity contribution in [2.24, 2.45) is 0 Å². The van der Waals surface area contributed by atoms with Gasteiger partial charge in [0.15, 0.2) is 0 Å². The lowest BCUT2D eigenvalue weighted by molar-refractivity contribution is 0.0742.